The second-order valence-electron chi connectivity index (χ2n) is 4.68. The SMILES string of the molecule is O=C(NC1CC1)c1nn2c(C3CC3)nnc2s1. The summed E-state index contributed by atoms with van der Waals surface area (Å²) in [6, 6.07) is 0.361. The second kappa shape index (κ2) is 3.25. The standard InChI is InChI=1S/C10H11N5OS/c16-8(11-6-3-4-6)9-14-15-7(5-1-2-5)12-13-10(15)17-9/h5-6H,1-4H2,(H,11,16). The lowest BCUT2D eigenvalue weighted by molar-refractivity contribution is 0.0949. The van der Waals surface area contributed by atoms with Crippen molar-refractivity contribution in [2.75, 3.05) is 0 Å². The number of carbonyl (C=O) groups is 1. The Morgan fingerprint density at radius 3 is 2.82 bits per heavy atom. The smallest absolute Gasteiger partial charge is 0.282 e. The van der Waals surface area contributed by atoms with Crippen molar-refractivity contribution in [3.05, 3.63) is 10.8 Å². The van der Waals surface area contributed by atoms with Crippen LogP contribution in [0.25, 0.3) is 4.96 Å². The van der Waals surface area contributed by atoms with E-state index >= 15 is 0 Å². The zero-order chi connectivity index (χ0) is 11.4. The quantitative estimate of drug-likeness (QED) is 0.879. The van der Waals surface area contributed by atoms with Crippen LogP contribution in [0.15, 0.2) is 0 Å². The lowest BCUT2D eigenvalue weighted by Gasteiger charge is -1.97. The molecule has 2 aliphatic carbocycles. The minimum absolute atomic E-state index is 0.0789. The maximum absolute atomic E-state index is 11.8. The molecule has 0 radical (unpaired) electrons. The summed E-state index contributed by atoms with van der Waals surface area (Å²) in [5, 5.41) is 15.9. The first-order valence-corrected chi connectivity index (χ1v) is 6.66. The minimum atomic E-state index is -0.0789. The van der Waals surface area contributed by atoms with Gasteiger partial charge in [-0.3, -0.25) is 4.79 Å². The number of nitrogens with zero attached hydrogens (tertiary/aromatic N) is 4. The van der Waals surface area contributed by atoms with E-state index in [9.17, 15) is 4.79 Å². The van der Waals surface area contributed by atoms with Crippen LogP contribution < -0.4 is 5.32 Å². The lowest BCUT2D eigenvalue weighted by Crippen LogP contribution is -2.25. The molecule has 1 amide bonds. The Morgan fingerprint density at radius 2 is 2.12 bits per heavy atom. The van der Waals surface area contributed by atoms with Gasteiger partial charge in [0.15, 0.2) is 5.82 Å². The molecule has 0 bridgehead atoms. The molecule has 2 heterocycles. The molecule has 2 aliphatic rings. The zero-order valence-corrected chi connectivity index (χ0v) is 9.90. The molecule has 0 spiro atoms. The van der Waals surface area contributed by atoms with Gasteiger partial charge in [0.05, 0.1) is 0 Å². The highest BCUT2D eigenvalue weighted by molar-refractivity contribution is 7.18. The number of amides is 1. The van der Waals surface area contributed by atoms with E-state index < -0.39 is 0 Å². The number of nitrogens with one attached hydrogen (secondary N) is 1. The van der Waals surface area contributed by atoms with Crippen molar-refractivity contribution in [3.8, 4) is 0 Å². The van der Waals surface area contributed by atoms with Crippen molar-refractivity contribution in [2.45, 2.75) is 37.6 Å². The molecule has 0 atom stereocenters. The summed E-state index contributed by atoms with van der Waals surface area (Å²) >= 11 is 1.31. The highest BCUT2D eigenvalue weighted by Gasteiger charge is 2.31. The predicted octanol–water partition coefficient (Wildman–Crippen LogP) is 0.955. The summed E-state index contributed by atoms with van der Waals surface area (Å²) in [5.74, 6) is 1.32. The highest BCUT2D eigenvalue weighted by atomic mass is 32.1. The Morgan fingerprint density at radius 1 is 1.29 bits per heavy atom. The molecular formula is C10H11N5OS. The van der Waals surface area contributed by atoms with Gasteiger partial charge in [-0.25, -0.2) is 0 Å². The van der Waals surface area contributed by atoms with Crippen molar-refractivity contribution < 1.29 is 4.79 Å². The van der Waals surface area contributed by atoms with Crippen LogP contribution in [0.1, 0.15) is 47.2 Å². The van der Waals surface area contributed by atoms with Crippen LogP contribution in [0.4, 0.5) is 0 Å². The molecule has 0 saturated heterocycles. The number of hydrogen-bond acceptors (Lipinski definition) is 5. The maximum Gasteiger partial charge on any atom is 0.282 e. The van der Waals surface area contributed by atoms with Gasteiger partial charge in [0.25, 0.3) is 5.91 Å². The fourth-order valence-corrected chi connectivity index (χ4v) is 2.54. The van der Waals surface area contributed by atoms with Gasteiger partial charge in [-0.2, -0.15) is 4.52 Å². The van der Waals surface area contributed by atoms with Gasteiger partial charge >= 0.3 is 0 Å². The lowest BCUT2D eigenvalue weighted by atomic mass is 10.4. The molecule has 2 saturated carbocycles. The van der Waals surface area contributed by atoms with E-state index in [0.717, 1.165) is 31.5 Å². The van der Waals surface area contributed by atoms with Gasteiger partial charge in [-0.05, 0) is 25.7 Å². The van der Waals surface area contributed by atoms with E-state index in [1.165, 1.54) is 11.3 Å². The summed E-state index contributed by atoms with van der Waals surface area (Å²) in [6.07, 6.45) is 4.48. The molecule has 7 heteroatoms. The first-order valence-electron chi connectivity index (χ1n) is 5.84. The van der Waals surface area contributed by atoms with Gasteiger partial charge in [0, 0.05) is 12.0 Å². The summed E-state index contributed by atoms with van der Waals surface area (Å²) in [4.78, 5) is 12.6. The molecule has 0 unspecified atom stereocenters. The highest BCUT2D eigenvalue weighted by Crippen LogP contribution is 2.39. The predicted molar refractivity (Wildman–Crippen MR) is 61.1 cm³/mol. The Labute approximate surface area is 101 Å². The van der Waals surface area contributed by atoms with Crippen LogP contribution in [0.2, 0.25) is 0 Å². The van der Waals surface area contributed by atoms with Gasteiger partial charge in [0.2, 0.25) is 9.97 Å². The van der Waals surface area contributed by atoms with E-state index in [-0.39, 0.29) is 5.91 Å². The molecule has 0 aromatic carbocycles. The monoisotopic (exact) mass is 249 g/mol. The van der Waals surface area contributed by atoms with Crippen LogP contribution >= 0.6 is 11.3 Å². The molecule has 2 fully saturated rings. The Kier molecular flexibility index (Phi) is 1.82. The van der Waals surface area contributed by atoms with Gasteiger partial charge in [0.1, 0.15) is 0 Å². The topological polar surface area (TPSA) is 72.2 Å². The number of hydrogen-bond donors (Lipinski definition) is 1. The first kappa shape index (κ1) is 9.52. The van der Waals surface area contributed by atoms with Gasteiger partial charge in [-0.15, -0.1) is 15.3 Å². The third kappa shape index (κ3) is 1.61. The van der Waals surface area contributed by atoms with Crippen LogP contribution in [0, 0.1) is 0 Å². The molecule has 1 N–H and O–H groups in total. The molecule has 17 heavy (non-hydrogen) atoms. The summed E-state index contributed by atoms with van der Waals surface area (Å²) in [7, 11) is 0. The molecule has 2 aromatic heterocycles. The van der Waals surface area contributed by atoms with E-state index in [4.69, 9.17) is 0 Å². The van der Waals surface area contributed by atoms with E-state index in [2.05, 4.69) is 20.6 Å². The Balaban J connectivity index is 1.68. The van der Waals surface area contributed by atoms with Crippen LogP contribution in [0.5, 0.6) is 0 Å². The molecule has 6 nitrogen and oxygen atoms in total. The zero-order valence-electron chi connectivity index (χ0n) is 9.09. The average Bonchev–Trinajstić information content (AvgIpc) is 3.20. The fourth-order valence-electron chi connectivity index (χ4n) is 1.79. The largest absolute Gasteiger partial charge is 0.347 e. The van der Waals surface area contributed by atoms with Crippen molar-refractivity contribution in [3.63, 3.8) is 0 Å². The number of fused-ring (bicyclic) bond motifs is 1. The number of rotatable bonds is 3. The third-order valence-corrected chi connectivity index (χ3v) is 3.96. The molecule has 4 rings (SSSR count). The van der Waals surface area contributed by atoms with Crippen molar-refractivity contribution in [1.29, 1.82) is 0 Å². The normalized spacial score (nSPS) is 19.8. The number of aromatic nitrogens is 4. The van der Waals surface area contributed by atoms with Crippen LogP contribution in [-0.2, 0) is 0 Å². The van der Waals surface area contributed by atoms with Crippen molar-refractivity contribution in [1.82, 2.24) is 25.1 Å². The molecule has 2 aromatic rings. The molecule has 88 valence electrons. The number of carbonyl (C=O) groups excluding carboxylic acids is 1. The van der Waals surface area contributed by atoms with Crippen LogP contribution in [-0.4, -0.2) is 31.8 Å². The van der Waals surface area contributed by atoms with Gasteiger partial charge in [-0.1, -0.05) is 11.3 Å². The second-order valence-corrected chi connectivity index (χ2v) is 5.64. The maximum atomic E-state index is 11.8. The minimum Gasteiger partial charge on any atom is -0.347 e. The van der Waals surface area contributed by atoms with Crippen molar-refractivity contribution in [2.24, 2.45) is 0 Å². The van der Waals surface area contributed by atoms with Crippen LogP contribution in [0.3, 0.4) is 0 Å². The summed E-state index contributed by atoms with van der Waals surface area (Å²) in [5.41, 5.74) is 0. The average molecular weight is 249 g/mol. The summed E-state index contributed by atoms with van der Waals surface area (Å²) in [6.45, 7) is 0. The van der Waals surface area contributed by atoms with Gasteiger partial charge < -0.3 is 5.32 Å². The van der Waals surface area contributed by atoms with E-state index in [1.54, 1.807) is 4.52 Å². The summed E-state index contributed by atoms with van der Waals surface area (Å²) < 4.78 is 1.73. The van der Waals surface area contributed by atoms with E-state index in [1.807, 2.05) is 0 Å². The third-order valence-electron chi connectivity index (χ3n) is 3.06. The molecular weight excluding hydrogens is 238 g/mol. The fraction of sp³-hybridized carbons (Fsp3) is 0.600. The first-order chi connectivity index (χ1) is 8.31. The van der Waals surface area contributed by atoms with E-state index in [0.29, 0.717) is 21.9 Å². The van der Waals surface area contributed by atoms with Crippen molar-refractivity contribution >= 4 is 22.2 Å². The Bertz CT molecular complexity index is 595. The molecule has 0 aliphatic heterocycles. The Hall–Kier alpha value is -1.50.